The lowest BCUT2D eigenvalue weighted by molar-refractivity contribution is 0.102. The first-order chi connectivity index (χ1) is 8.19. The normalized spacial score (nSPS) is 10.2. The van der Waals surface area contributed by atoms with Gasteiger partial charge in [-0.25, -0.2) is 0 Å². The summed E-state index contributed by atoms with van der Waals surface area (Å²) in [5.41, 5.74) is 7.96. The van der Waals surface area contributed by atoms with E-state index in [1.54, 1.807) is 6.07 Å². The van der Waals surface area contributed by atoms with Gasteiger partial charge in [-0.05, 0) is 39.7 Å². The Morgan fingerprint density at radius 2 is 2.24 bits per heavy atom. The van der Waals surface area contributed by atoms with Crippen molar-refractivity contribution in [2.75, 3.05) is 5.32 Å². The zero-order chi connectivity index (χ0) is 12.3. The standard InChI is InChI=1S/C12H11BrN2OS/c13-11-5-9(7-17-11)12(16)15-10-3-1-2-8(4-10)6-14/h1-5,7H,6,14H2,(H,15,16). The van der Waals surface area contributed by atoms with E-state index in [0.717, 1.165) is 15.0 Å². The average molecular weight is 311 g/mol. The van der Waals surface area contributed by atoms with Gasteiger partial charge in [0.25, 0.3) is 5.91 Å². The number of nitrogens with one attached hydrogen (secondary N) is 1. The molecule has 0 radical (unpaired) electrons. The number of benzene rings is 1. The fraction of sp³-hybridized carbons (Fsp3) is 0.0833. The number of halogens is 1. The first-order valence-electron chi connectivity index (χ1n) is 5.03. The van der Waals surface area contributed by atoms with Crippen molar-refractivity contribution in [2.24, 2.45) is 5.73 Å². The van der Waals surface area contributed by atoms with Crippen LogP contribution in [-0.4, -0.2) is 5.91 Å². The Morgan fingerprint density at radius 1 is 1.41 bits per heavy atom. The van der Waals surface area contributed by atoms with E-state index < -0.39 is 0 Å². The summed E-state index contributed by atoms with van der Waals surface area (Å²) in [4.78, 5) is 11.9. The molecule has 0 aliphatic carbocycles. The van der Waals surface area contributed by atoms with Crippen LogP contribution in [0.3, 0.4) is 0 Å². The molecule has 0 unspecified atom stereocenters. The van der Waals surface area contributed by atoms with Crippen molar-refractivity contribution in [1.29, 1.82) is 0 Å². The highest BCUT2D eigenvalue weighted by Gasteiger charge is 2.08. The molecule has 88 valence electrons. The Kier molecular flexibility index (Phi) is 3.93. The van der Waals surface area contributed by atoms with Crippen molar-refractivity contribution < 1.29 is 4.79 Å². The minimum absolute atomic E-state index is 0.110. The van der Waals surface area contributed by atoms with E-state index in [2.05, 4.69) is 21.2 Å². The molecule has 0 aliphatic rings. The molecule has 0 saturated carbocycles. The van der Waals surface area contributed by atoms with Crippen molar-refractivity contribution in [3.63, 3.8) is 0 Å². The third kappa shape index (κ3) is 3.15. The minimum Gasteiger partial charge on any atom is -0.326 e. The molecule has 1 amide bonds. The molecule has 0 spiro atoms. The first-order valence-corrected chi connectivity index (χ1v) is 6.70. The summed E-state index contributed by atoms with van der Waals surface area (Å²) >= 11 is 4.82. The molecule has 0 fully saturated rings. The van der Waals surface area contributed by atoms with Crippen molar-refractivity contribution in [3.8, 4) is 0 Å². The molecule has 2 aromatic rings. The summed E-state index contributed by atoms with van der Waals surface area (Å²) in [7, 11) is 0. The topological polar surface area (TPSA) is 55.1 Å². The molecule has 2 rings (SSSR count). The summed E-state index contributed by atoms with van der Waals surface area (Å²) < 4.78 is 0.943. The molecule has 17 heavy (non-hydrogen) atoms. The van der Waals surface area contributed by atoms with Gasteiger partial charge in [0.2, 0.25) is 0 Å². The molecule has 1 heterocycles. The molecule has 3 nitrogen and oxygen atoms in total. The molecule has 1 aromatic carbocycles. The summed E-state index contributed by atoms with van der Waals surface area (Å²) in [5, 5.41) is 4.65. The molecular formula is C12H11BrN2OS. The molecule has 0 bridgehead atoms. The van der Waals surface area contributed by atoms with Crippen molar-refractivity contribution in [2.45, 2.75) is 6.54 Å². The van der Waals surface area contributed by atoms with Gasteiger partial charge in [0, 0.05) is 17.6 Å². The number of anilines is 1. The molecule has 1 aromatic heterocycles. The highest BCUT2D eigenvalue weighted by atomic mass is 79.9. The quantitative estimate of drug-likeness (QED) is 0.914. The van der Waals surface area contributed by atoms with Crippen molar-refractivity contribution >= 4 is 38.9 Å². The zero-order valence-electron chi connectivity index (χ0n) is 8.94. The van der Waals surface area contributed by atoms with Crippen LogP contribution in [0, 0.1) is 0 Å². The third-order valence-corrected chi connectivity index (χ3v) is 3.75. The highest BCUT2D eigenvalue weighted by molar-refractivity contribution is 9.11. The second-order valence-electron chi connectivity index (χ2n) is 3.50. The van der Waals surface area contributed by atoms with Gasteiger partial charge in [-0.1, -0.05) is 12.1 Å². The molecular weight excluding hydrogens is 300 g/mol. The van der Waals surface area contributed by atoms with E-state index >= 15 is 0 Å². The summed E-state index contributed by atoms with van der Waals surface area (Å²) in [6, 6.07) is 9.32. The smallest absolute Gasteiger partial charge is 0.256 e. The van der Waals surface area contributed by atoms with Gasteiger partial charge < -0.3 is 11.1 Å². The van der Waals surface area contributed by atoms with Gasteiger partial charge in [0.15, 0.2) is 0 Å². The zero-order valence-corrected chi connectivity index (χ0v) is 11.3. The number of nitrogens with two attached hydrogens (primary N) is 1. The van der Waals surface area contributed by atoms with Crippen molar-refractivity contribution in [3.05, 3.63) is 50.6 Å². The molecule has 5 heteroatoms. The van der Waals surface area contributed by atoms with Crippen LogP contribution >= 0.6 is 27.3 Å². The Balaban J connectivity index is 2.12. The Morgan fingerprint density at radius 3 is 2.88 bits per heavy atom. The van der Waals surface area contributed by atoms with E-state index in [0.29, 0.717) is 12.1 Å². The number of amides is 1. The molecule has 0 saturated heterocycles. The first kappa shape index (κ1) is 12.3. The number of carbonyl (C=O) groups is 1. The van der Waals surface area contributed by atoms with Crippen LogP contribution in [-0.2, 0) is 6.54 Å². The fourth-order valence-electron chi connectivity index (χ4n) is 1.41. The van der Waals surface area contributed by atoms with Gasteiger partial charge >= 0.3 is 0 Å². The second-order valence-corrected chi connectivity index (χ2v) is 5.79. The van der Waals surface area contributed by atoms with Crippen molar-refractivity contribution in [1.82, 2.24) is 0 Å². The Bertz CT molecular complexity index is 539. The van der Waals surface area contributed by atoms with Crippen LogP contribution in [0.1, 0.15) is 15.9 Å². The summed E-state index contributed by atoms with van der Waals surface area (Å²) in [6.45, 7) is 0.466. The van der Waals surface area contributed by atoms with Crippen LogP contribution in [0.15, 0.2) is 39.5 Å². The molecule has 0 aliphatic heterocycles. The monoisotopic (exact) mass is 310 g/mol. The lowest BCUT2D eigenvalue weighted by atomic mass is 10.2. The minimum atomic E-state index is -0.110. The molecule has 3 N–H and O–H groups in total. The maximum Gasteiger partial charge on any atom is 0.256 e. The van der Waals surface area contributed by atoms with E-state index in [4.69, 9.17) is 5.73 Å². The van der Waals surface area contributed by atoms with Crippen LogP contribution in [0.4, 0.5) is 5.69 Å². The van der Waals surface area contributed by atoms with Gasteiger partial charge in [-0.3, -0.25) is 4.79 Å². The largest absolute Gasteiger partial charge is 0.326 e. The third-order valence-electron chi connectivity index (χ3n) is 2.25. The number of hydrogen-bond donors (Lipinski definition) is 2. The van der Waals surface area contributed by atoms with E-state index in [-0.39, 0.29) is 5.91 Å². The molecule has 0 atom stereocenters. The average Bonchev–Trinajstić information content (AvgIpc) is 2.76. The van der Waals surface area contributed by atoms with E-state index in [1.165, 1.54) is 11.3 Å². The van der Waals surface area contributed by atoms with Gasteiger partial charge in [0.1, 0.15) is 0 Å². The van der Waals surface area contributed by atoms with E-state index in [9.17, 15) is 4.79 Å². The Hall–Kier alpha value is -1.17. The van der Waals surface area contributed by atoms with E-state index in [1.807, 2.05) is 29.6 Å². The Labute approximate surface area is 112 Å². The number of hydrogen-bond acceptors (Lipinski definition) is 3. The number of carbonyl (C=O) groups excluding carboxylic acids is 1. The second kappa shape index (κ2) is 5.44. The fourth-order valence-corrected chi connectivity index (χ4v) is 2.55. The lowest BCUT2D eigenvalue weighted by Gasteiger charge is -2.05. The van der Waals surface area contributed by atoms with Crippen LogP contribution in [0.5, 0.6) is 0 Å². The maximum atomic E-state index is 11.9. The number of thiophene rings is 1. The number of rotatable bonds is 3. The van der Waals surface area contributed by atoms with Crippen LogP contribution in [0.25, 0.3) is 0 Å². The predicted octanol–water partition coefficient (Wildman–Crippen LogP) is 3.22. The van der Waals surface area contributed by atoms with Gasteiger partial charge in [-0.15, -0.1) is 11.3 Å². The summed E-state index contributed by atoms with van der Waals surface area (Å²) in [5.74, 6) is -0.110. The lowest BCUT2D eigenvalue weighted by Crippen LogP contribution is -2.11. The highest BCUT2D eigenvalue weighted by Crippen LogP contribution is 2.21. The SMILES string of the molecule is NCc1cccc(NC(=O)c2csc(Br)c2)c1. The van der Waals surface area contributed by atoms with Gasteiger partial charge in [-0.2, -0.15) is 0 Å². The summed E-state index contributed by atoms with van der Waals surface area (Å²) in [6.07, 6.45) is 0. The van der Waals surface area contributed by atoms with Crippen LogP contribution < -0.4 is 11.1 Å². The maximum absolute atomic E-state index is 11.9. The van der Waals surface area contributed by atoms with Crippen LogP contribution in [0.2, 0.25) is 0 Å². The predicted molar refractivity (Wildman–Crippen MR) is 74.3 cm³/mol. The van der Waals surface area contributed by atoms with Gasteiger partial charge in [0.05, 0.1) is 9.35 Å².